The van der Waals surface area contributed by atoms with Gasteiger partial charge in [-0.1, -0.05) is 0 Å². The summed E-state index contributed by atoms with van der Waals surface area (Å²) in [4.78, 5) is 10.9. The fourth-order valence-corrected chi connectivity index (χ4v) is 1.38. The molecule has 1 rings (SSSR count). The fourth-order valence-electron chi connectivity index (χ4n) is 1.38. The van der Waals surface area contributed by atoms with Gasteiger partial charge in [0.25, 0.3) is 0 Å². The van der Waals surface area contributed by atoms with Crippen molar-refractivity contribution in [3.8, 4) is 0 Å². The topological polar surface area (TPSA) is 47.6 Å². The Balaban J connectivity index is 2.24. The summed E-state index contributed by atoms with van der Waals surface area (Å²) in [6, 6.07) is 0. The lowest BCUT2D eigenvalue weighted by atomic mass is 10.3. The van der Waals surface area contributed by atoms with Crippen LogP contribution in [0, 0.1) is 0 Å². The van der Waals surface area contributed by atoms with Crippen molar-refractivity contribution in [2.24, 2.45) is 0 Å². The van der Waals surface area contributed by atoms with E-state index in [2.05, 4.69) is 5.32 Å². The van der Waals surface area contributed by atoms with Crippen LogP contribution in [0.15, 0.2) is 11.8 Å². The number of ketones is 1. The summed E-state index contributed by atoms with van der Waals surface area (Å²) < 4.78 is 10.2. The molecule has 0 aromatic rings. The zero-order valence-electron chi connectivity index (χ0n) is 8.71. The SMILES string of the molecule is COCC(CNC1=CC(=O)CC1)OC. The number of carbonyl (C=O) groups excluding carboxylic acids is 1. The van der Waals surface area contributed by atoms with Crippen molar-refractivity contribution in [3.05, 3.63) is 11.8 Å². The number of carbonyl (C=O) groups is 1. The third-order valence-electron chi connectivity index (χ3n) is 2.22. The molecule has 0 saturated heterocycles. The predicted molar refractivity (Wildman–Crippen MR) is 53.0 cm³/mol. The number of methoxy groups -OCH3 is 2. The van der Waals surface area contributed by atoms with Gasteiger partial charge in [0.2, 0.25) is 0 Å². The second-order valence-electron chi connectivity index (χ2n) is 3.33. The summed E-state index contributed by atoms with van der Waals surface area (Å²) in [5, 5.41) is 3.18. The van der Waals surface area contributed by atoms with Crippen LogP contribution in [0.2, 0.25) is 0 Å². The minimum atomic E-state index is 0.0385. The molecular weight excluding hydrogens is 182 g/mol. The highest BCUT2D eigenvalue weighted by Gasteiger charge is 2.13. The number of ether oxygens (including phenoxy) is 2. The maximum Gasteiger partial charge on any atom is 0.157 e. The van der Waals surface area contributed by atoms with Crippen LogP contribution >= 0.6 is 0 Å². The highest BCUT2D eigenvalue weighted by atomic mass is 16.5. The molecule has 0 aromatic heterocycles. The smallest absolute Gasteiger partial charge is 0.157 e. The van der Waals surface area contributed by atoms with Gasteiger partial charge < -0.3 is 14.8 Å². The van der Waals surface area contributed by atoms with E-state index >= 15 is 0 Å². The lowest BCUT2D eigenvalue weighted by Gasteiger charge is -2.15. The molecule has 1 aliphatic carbocycles. The summed E-state index contributed by atoms with van der Waals surface area (Å²) in [6.07, 6.45) is 3.16. The fraction of sp³-hybridized carbons (Fsp3) is 0.700. The standard InChI is InChI=1S/C10H17NO3/c1-13-7-10(14-2)6-11-8-3-4-9(12)5-8/h5,10-11H,3-4,6-7H2,1-2H3. The molecule has 4 nitrogen and oxygen atoms in total. The summed E-state index contributed by atoms with van der Waals surface area (Å²) in [5.41, 5.74) is 1.01. The molecule has 14 heavy (non-hydrogen) atoms. The van der Waals surface area contributed by atoms with Gasteiger partial charge in [-0.05, 0) is 6.42 Å². The summed E-state index contributed by atoms with van der Waals surface area (Å²) in [5.74, 6) is 0.202. The Kier molecular flexibility index (Phi) is 4.62. The molecule has 0 aromatic carbocycles. The van der Waals surface area contributed by atoms with Crippen LogP contribution in [0.1, 0.15) is 12.8 Å². The van der Waals surface area contributed by atoms with Gasteiger partial charge in [0, 0.05) is 39.0 Å². The first-order valence-electron chi connectivity index (χ1n) is 4.75. The van der Waals surface area contributed by atoms with E-state index in [1.54, 1.807) is 20.3 Å². The Labute approximate surface area is 84.3 Å². The first-order chi connectivity index (χ1) is 6.76. The summed E-state index contributed by atoms with van der Waals surface area (Å²) in [7, 11) is 3.30. The second-order valence-corrected chi connectivity index (χ2v) is 3.33. The molecule has 0 fully saturated rings. The van der Waals surface area contributed by atoms with Crippen LogP contribution < -0.4 is 5.32 Å². The van der Waals surface area contributed by atoms with E-state index in [9.17, 15) is 4.79 Å². The van der Waals surface area contributed by atoms with Crippen molar-refractivity contribution in [3.63, 3.8) is 0 Å². The normalized spacial score (nSPS) is 18.1. The Morgan fingerprint density at radius 2 is 2.29 bits per heavy atom. The average Bonchev–Trinajstić information content (AvgIpc) is 2.59. The zero-order chi connectivity index (χ0) is 10.4. The number of hydrogen-bond acceptors (Lipinski definition) is 4. The zero-order valence-corrected chi connectivity index (χ0v) is 8.71. The number of nitrogens with one attached hydrogen (secondary N) is 1. The van der Waals surface area contributed by atoms with Crippen molar-refractivity contribution >= 4 is 5.78 Å². The van der Waals surface area contributed by atoms with Gasteiger partial charge in [0.1, 0.15) is 0 Å². The third kappa shape index (κ3) is 3.47. The molecule has 0 bridgehead atoms. The quantitative estimate of drug-likeness (QED) is 0.676. The van der Waals surface area contributed by atoms with Crippen molar-refractivity contribution in [1.29, 1.82) is 0 Å². The Hall–Kier alpha value is -0.870. The molecule has 1 aliphatic rings. The van der Waals surface area contributed by atoms with Crippen LogP contribution in [-0.2, 0) is 14.3 Å². The molecule has 1 N–H and O–H groups in total. The number of allylic oxidation sites excluding steroid dienone is 2. The first-order valence-corrected chi connectivity index (χ1v) is 4.75. The van der Waals surface area contributed by atoms with Crippen molar-refractivity contribution in [2.45, 2.75) is 18.9 Å². The van der Waals surface area contributed by atoms with Gasteiger partial charge in [-0.15, -0.1) is 0 Å². The molecule has 0 spiro atoms. The number of rotatable bonds is 6. The Morgan fingerprint density at radius 1 is 1.50 bits per heavy atom. The first kappa shape index (κ1) is 11.2. The van der Waals surface area contributed by atoms with Crippen LogP contribution in [-0.4, -0.2) is 39.3 Å². The Bertz CT molecular complexity index is 225. The molecule has 4 heteroatoms. The number of hydrogen-bond donors (Lipinski definition) is 1. The van der Waals surface area contributed by atoms with Gasteiger partial charge in [0.15, 0.2) is 5.78 Å². The van der Waals surface area contributed by atoms with E-state index in [1.165, 1.54) is 0 Å². The lowest BCUT2D eigenvalue weighted by molar-refractivity contribution is -0.114. The summed E-state index contributed by atoms with van der Waals surface area (Å²) >= 11 is 0. The van der Waals surface area contributed by atoms with Crippen LogP contribution in [0.25, 0.3) is 0 Å². The van der Waals surface area contributed by atoms with E-state index in [1.807, 2.05) is 0 Å². The lowest BCUT2D eigenvalue weighted by Crippen LogP contribution is -2.31. The van der Waals surface area contributed by atoms with Gasteiger partial charge in [0.05, 0.1) is 12.7 Å². The largest absolute Gasteiger partial charge is 0.386 e. The van der Waals surface area contributed by atoms with Gasteiger partial charge in [-0.25, -0.2) is 0 Å². The highest BCUT2D eigenvalue weighted by Crippen LogP contribution is 2.11. The molecule has 0 saturated carbocycles. The predicted octanol–water partition coefficient (Wildman–Crippen LogP) is 0.484. The van der Waals surface area contributed by atoms with E-state index in [0.717, 1.165) is 12.1 Å². The van der Waals surface area contributed by atoms with Crippen molar-refractivity contribution < 1.29 is 14.3 Å². The maximum absolute atomic E-state index is 10.9. The van der Waals surface area contributed by atoms with E-state index < -0.39 is 0 Å². The third-order valence-corrected chi connectivity index (χ3v) is 2.22. The highest BCUT2D eigenvalue weighted by molar-refractivity contribution is 5.92. The van der Waals surface area contributed by atoms with Crippen molar-refractivity contribution in [2.75, 3.05) is 27.4 Å². The molecule has 80 valence electrons. The van der Waals surface area contributed by atoms with Gasteiger partial charge in [-0.3, -0.25) is 4.79 Å². The van der Waals surface area contributed by atoms with Crippen LogP contribution in [0.5, 0.6) is 0 Å². The molecule has 1 atom stereocenters. The van der Waals surface area contributed by atoms with E-state index in [-0.39, 0.29) is 11.9 Å². The minimum Gasteiger partial charge on any atom is -0.386 e. The average molecular weight is 199 g/mol. The summed E-state index contributed by atoms with van der Waals surface area (Å²) in [6.45, 7) is 1.24. The van der Waals surface area contributed by atoms with Gasteiger partial charge >= 0.3 is 0 Å². The van der Waals surface area contributed by atoms with Gasteiger partial charge in [-0.2, -0.15) is 0 Å². The van der Waals surface area contributed by atoms with Crippen molar-refractivity contribution in [1.82, 2.24) is 5.32 Å². The van der Waals surface area contributed by atoms with E-state index in [0.29, 0.717) is 19.6 Å². The van der Waals surface area contributed by atoms with Crippen LogP contribution in [0.4, 0.5) is 0 Å². The monoisotopic (exact) mass is 199 g/mol. The second kappa shape index (κ2) is 5.78. The molecule has 0 aliphatic heterocycles. The minimum absolute atomic E-state index is 0.0385. The maximum atomic E-state index is 10.9. The molecule has 0 heterocycles. The van der Waals surface area contributed by atoms with E-state index in [4.69, 9.17) is 9.47 Å². The molecule has 0 radical (unpaired) electrons. The Morgan fingerprint density at radius 3 is 2.79 bits per heavy atom. The van der Waals surface area contributed by atoms with Crippen LogP contribution in [0.3, 0.4) is 0 Å². The molecule has 0 amide bonds. The molecule has 1 unspecified atom stereocenters. The molecular formula is C10H17NO3.